The number of anilines is 1. The summed E-state index contributed by atoms with van der Waals surface area (Å²) in [6, 6.07) is 5.74. The molecule has 2 unspecified atom stereocenters. The van der Waals surface area contributed by atoms with E-state index in [0.29, 0.717) is 5.25 Å². The molecule has 2 rings (SSSR count). The highest BCUT2D eigenvalue weighted by Gasteiger charge is 2.20. The van der Waals surface area contributed by atoms with Crippen molar-refractivity contribution in [2.45, 2.75) is 42.8 Å². The van der Waals surface area contributed by atoms with Crippen molar-refractivity contribution in [3.8, 4) is 0 Å². The first-order valence-electron chi connectivity index (χ1n) is 5.87. The standard InChI is InChI=1S/C13H18ClNS/c1-9-3-2-4-11(7-9)16-13-8-10(15)5-6-12(13)14/h5-6,8-9,11H,2-4,7,15H2,1H3. The Balaban J connectivity index is 2.05. The van der Waals surface area contributed by atoms with Crippen molar-refractivity contribution in [1.29, 1.82) is 0 Å². The molecular formula is C13H18ClNS. The van der Waals surface area contributed by atoms with Crippen molar-refractivity contribution in [3.63, 3.8) is 0 Å². The highest BCUT2D eigenvalue weighted by molar-refractivity contribution is 8.00. The van der Waals surface area contributed by atoms with Gasteiger partial charge in [-0.2, -0.15) is 0 Å². The zero-order valence-electron chi connectivity index (χ0n) is 9.58. The monoisotopic (exact) mass is 255 g/mol. The second-order valence-electron chi connectivity index (χ2n) is 4.70. The van der Waals surface area contributed by atoms with Crippen LogP contribution in [0.4, 0.5) is 5.69 Å². The number of hydrogen-bond acceptors (Lipinski definition) is 2. The lowest BCUT2D eigenvalue weighted by Crippen LogP contribution is -2.14. The zero-order chi connectivity index (χ0) is 11.5. The lowest BCUT2D eigenvalue weighted by atomic mass is 9.91. The van der Waals surface area contributed by atoms with E-state index in [-0.39, 0.29) is 0 Å². The van der Waals surface area contributed by atoms with Gasteiger partial charge in [-0.25, -0.2) is 0 Å². The highest BCUT2D eigenvalue weighted by atomic mass is 35.5. The third kappa shape index (κ3) is 3.08. The molecule has 16 heavy (non-hydrogen) atoms. The quantitative estimate of drug-likeness (QED) is 0.782. The fourth-order valence-corrected chi connectivity index (χ4v) is 3.98. The second-order valence-corrected chi connectivity index (χ2v) is 6.45. The number of hydrogen-bond donors (Lipinski definition) is 1. The molecule has 1 nitrogen and oxygen atoms in total. The number of nitrogens with two attached hydrogens (primary N) is 1. The van der Waals surface area contributed by atoms with Gasteiger partial charge in [0.15, 0.2) is 0 Å². The molecule has 0 aliphatic heterocycles. The van der Waals surface area contributed by atoms with Crippen LogP contribution in [0.5, 0.6) is 0 Å². The van der Waals surface area contributed by atoms with Crippen molar-refractivity contribution in [2.24, 2.45) is 5.92 Å². The molecule has 1 aromatic carbocycles. The summed E-state index contributed by atoms with van der Waals surface area (Å²) in [5.41, 5.74) is 6.59. The third-order valence-electron chi connectivity index (χ3n) is 3.14. The van der Waals surface area contributed by atoms with Gasteiger partial charge in [-0.15, -0.1) is 11.8 Å². The lowest BCUT2D eigenvalue weighted by Gasteiger charge is -2.26. The first kappa shape index (κ1) is 12.1. The van der Waals surface area contributed by atoms with Crippen molar-refractivity contribution in [1.82, 2.24) is 0 Å². The Labute approximate surface area is 107 Å². The molecule has 3 heteroatoms. The van der Waals surface area contributed by atoms with Crippen molar-refractivity contribution >= 4 is 29.1 Å². The van der Waals surface area contributed by atoms with Gasteiger partial charge in [0.2, 0.25) is 0 Å². The summed E-state index contributed by atoms with van der Waals surface area (Å²) in [5.74, 6) is 0.853. The van der Waals surface area contributed by atoms with Gasteiger partial charge < -0.3 is 5.73 Å². The van der Waals surface area contributed by atoms with Crippen LogP contribution in [-0.2, 0) is 0 Å². The summed E-state index contributed by atoms with van der Waals surface area (Å²) in [4.78, 5) is 1.14. The highest BCUT2D eigenvalue weighted by Crippen LogP contribution is 2.39. The van der Waals surface area contributed by atoms with Crippen LogP contribution in [0, 0.1) is 5.92 Å². The normalized spacial score (nSPS) is 25.6. The Hall–Kier alpha value is -0.340. The molecule has 0 heterocycles. The number of benzene rings is 1. The molecule has 0 aromatic heterocycles. The summed E-state index contributed by atoms with van der Waals surface area (Å²) >= 11 is 8.07. The maximum Gasteiger partial charge on any atom is 0.0543 e. The van der Waals surface area contributed by atoms with E-state index in [0.717, 1.165) is 21.5 Å². The van der Waals surface area contributed by atoms with Gasteiger partial charge in [-0.05, 0) is 37.0 Å². The topological polar surface area (TPSA) is 26.0 Å². The summed E-state index contributed by atoms with van der Waals surface area (Å²) in [5, 5.41) is 1.54. The number of thioether (sulfide) groups is 1. The first-order chi connectivity index (χ1) is 7.65. The van der Waals surface area contributed by atoms with Crippen LogP contribution in [0.15, 0.2) is 23.1 Å². The van der Waals surface area contributed by atoms with Crippen LogP contribution in [0.25, 0.3) is 0 Å². The van der Waals surface area contributed by atoms with Crippen LogP contribution < -0.4 is 5.73 Å². The Kier molecular flexibility index (Phi) is 4.04. The smallest absolute Gasteiger partial charge is 0.0543 e. The van der Waals surface area contributed by atoms with E-state index in [2.05, 4.69) is 6.92 Å². The average Bonchev–Trinajstić information content (AvgIpc) is 2.24. The molecule has 1 aromatic rings. The van der Waals surface area contributed by atoms with Gasteiger partial charge >= 0.3 is 0 Å². The van der Waals surface area contributed by atoms with E-state index in [4.69, 9.17) is 17.3 Å². The fraction of sp³-hybridized carbons (Fsp3) is 0.538. The first-order valence-corrected chi connectivity index (χ1v) is 7.12. The van der Waals surface area contributed by atoms with Gasteiger partial charge in [0.25, 0.3) is 0 Å². The summed E-state index contributed by atoms with van der Waals surface area (Å²) in [6.07, 6.45) is 5.33. The molecule has 1 fully saturated rings. The second kappa shape index (κ2) is 5.33. The summed E-state index contributed by atoms with van der Waals surface area (Å²) in [7, 11) is 0. The Morgan fingerprint density at radius 2 is 2.19 bits per heavy atom. The minimum absolute atomic E-state index is 0.711. The van der Waals surface area contributed by atoms with Crippen molar-refractivity contribution < 1.29 is 0 Å². The minimum Gasteiger partial charge on any atom is -0.399 e. The lowest BCUT2D eigenvalue weighted by molar-refractivity contribution is 0.394. The minimum atomic E-state index is 0.711. The van der Waals surface area contributed by atoms with Gasteiger partial charge in [-0.3, -0.25) is 0 Å². The van der Waals surface area contributed by atoms with E-state index in [1.54, 1.807) is 0 Å². The Bertz CT molecular complexity index is 367. The van der Waals surface area contributed by atoms with E-state index in [9.17, 15) is 0 Å². The number of nitrogen functional groups attached to an aromatic ring is 1. The van der Waals surface area contributed by atoms with Gasteiger partial charge in [-0.1, -0.05) is 31.4 Å². The predicted octanol–water partition coefficient (Wildman–Crippen LogP) is 4.59. The number of halogens is 1. The van der Waals surface area contributed by atoms with E-state index in [1.807, 2.05) is 30.0 Å². The molecule has 0 amide bonds. The van der Waals surface area contributed by atoms with E-state index < -0.39 is 0 Å². The Morgan fingerprint density at radius 1 is 1.38 bits per heavy atom. The molecule has 0 radical (unpaired) electrons. The Morgan fingerprint density at radius 3 is 2.94 bits per heavy atom. The third-order valence-corrected chi connectivity index (χ3v) is 4.93. The molecule has 1 aliphatic carbocycles. The molecule has 1 aliphatic rings. The maximum atomic E-state index is 6.18. The fourth-order valence-electron chi connectivity index (χ4n) is 2.28. The van der Waals surface area contributed by atoms with Crippen LogP contribution >= 0.6 is 23.4 Å². The molecule has 1 saturated carbocycles. The van der Waals surface area contributed by atoms with Crippen LogP contribution in [0.2, 0.25) is 5.02 Å². The van der Waals surface area contributed by atoms with Crippen LogP contribution in [-0.4, -0.2) is 5.25 Å². The molecular weight excluding hydrogens is 238 g/mol. The molecule has 0 spiro atoms. The predicted molar refractivity (Wildman–Crippen MR) is 73.1 cm³/mol. The van der Waals surface area contributed by atoms with Crippen LogP contribution in [0.1, 0.15) is 32.6 Å². The zero-order valence-corrected chi connectivity index (χ0v) is 11.2. The molecule has 88 valence electrons. The van der Waals surface area contributed by atoms with Crippen LogP contribution in [0.3, 0.4) is 0 Å². The summed E-state index contributed by atoms with van der Waals surface area (Å²) < 4.78 is 0. The summed E-state index contributed by atoms with van der Waals surface area (Å²) in [6.45, 7) is 2.34. The number of rotatable bonds is 2. The SMILES string of the molecule is CC1CCCC(Sc2cc(N)ccc2Cl)C1. The largest absolute Gasteiger partial charge is 0.399 e. The van der Waals surface area contributed by atoms with Crippen molar-refractivity contribution in [3.05, 3.63) is 23.2 Å². The molecule has 0 saturated heterocycles. The average molecular weight is 256 g/mol. The molecule has 0 bridgehead atoms. The van der Waals surface area contributed by atoms with Gasteiger partial charge in [0, 0.05) is 15.8 Å². The van der Waals surface area contributed by atoms with Gasteiger partial charge in [0.1, 0.15) is 0 Å². The van der Waals surface area contributed by atoms with E-state index >= 15 is 0 Å². The maximum absolute atomic E-state index is 6.18. The van der Waals surface area contributed by atoms with Gasteiger partial charge in [0.05, 0.1) is 5.02 Å². The van der Waals surface area contributed by atoms with Crippen molar-refractivity contribution in [2.75, 3.05) is 5.73 Å². The van der Waals surface area contributed by atoms with E-state index in [1.165, 1.54) is 25.7 Å². The molecule has 2 N–H and O–H groups in total. The molecule has 2 atom stereocenters.